The highest BCUT2D eigenvalue weighted by molar-refractivity contribution is 5.78. The highest BCUT2D eigenvalue weighted by Crippen LogP contribution is 2.65. The third kappa shape index (κ3) is 9.56. The average molecular weight is 1370 g/mol. The maximum Gasteiger partial charge on any atom is 0.330 e. The van der Waals surface area contributed by atoms with Gasteiger partial charge in [0.2, 0.25) is 17.8 Å². The number of hydrogen-bond donors (Lipinski definition) is 6. The number of aromatic nitrogens is 21. The zero-order valence-electron chi connectivity index (χ0n) is 57.2. The predicted molar refractivity (Wildman–Crippen MR) is 373 cm³/mol. The predicted octanol–water partition coefficient (Wildman–Crippen LogP) is 7.07. The molecular formula is C70H80N26O5. The molecule has 24 rings (SSSR count). The standard InChI is InChI=1S/C24H26N8O3.2C23H27N9O/c1-13-3-18-26-12-27-31(18)10-16(13)28-21-25-9-17-19(29-21)32(22(35)30(17)2)24-7-14-4-15(8-24)6-23(5-14,11-24)20(33)34;2*1-13-3-18-26-12-27-31(18)10-16(13)28-20-25-9-17-19(29-20)32(21(33)30(17)2)23-7-14-4-15(8-23)6-22(24,5-14)11-23/h3,9-10,12,14-15H,4-8,11H2,1-2H3,(H,33,34)(H,25,28,29);2*3,9-10,12,14-15H,4-8,11,24H2,1-2H3,(H,25,28,29). The molecule has 12 heterocycles. The van der Waals surface area contributed by atoms with Crippen molar-refractivity contribution in [2.45, 2.75) is 164 Å². The van der Waals surface area contributed by atoms with Crippen LogP contribution in [0.25, 0.3) is 50.4 Å². The van der Waals surface area contributed by atoms with E-state index in [0.717, 1.165) is 145 Å². The number of fused-ring (bicyclic) bond motifs is 6. The van der Waals surface area contributed by atoms with Gasteiger partial charge in [0.15, 0.2) is 33.9 Å². The zero-order chi connectivity index (χ0) is 69.2. The van der Waals surface area contributed by atoms with E-state index in [1.165, 1.54) is 31.8 Å². The van der Waals surface area contributed by atoms with Crippen LogP contribution in [0.5, 0.6) is 0 Å². The smallest absolute Gasteiger partial charge is 0.330 e. The van der Waals surface area contributed by atoms with E-state index in [1.54, 1.807) is 71.5 Å². The van der Waals surface area contributed by atoms with E-state index in [4.69, 9.17) is 26.4 Å². The molecule has 12 aromatic heterocycles. The summed E-state index contributed by atoms with van der Waals surface area (Å²) in [6.45, 7) is 5.98. The van der Waals surface area contributed by atoms with Crippen LogP contribution in [-0.4, -0.2) is 123 Å². The number of nitrogens with one attached hydrogen (secondary N) is 3. The van der Waals surface area contributed by atoms with Gasteiger partial charge >= 0.3 is 23.0 Å². The molecule has 12 aliphatic rings. The van der Waals surface area contributed by atoms with Crippen molar-refractivity contribution in [2.75, 3.05) is 16.0 Å². The van der Waals surface area contributed by atoms with Gasteiger partial charge in [0.1, 0.15) is 35.5 Å². The Labute approximate surface area is 575 Å². The van der Waals surface area contributed by atoms with E-state index in [0.29, 0.717) is 95.1 Å². The number of aliphatic carboxylic acids is 1. The largest absolute Gasteiger partial charge is 0.481 e. The number of carbonyl (C=O) groups is 1. The topological polar surface area (TPSA) is 374 Å². The molecule has 6 atom stereocenters. The number of nitrogens with two attached hydrogens (primary N) is 2. The van der Waals surface area contributed by atoms with Crippen molar-refractivity contribution < 1.29 is 9.90 Å². The van der Waals surface area contributed by atoms with Crippen LogP contribution >= 0.6 is 0 Å². The third-order valence-electron chi connectivity index (χ3n) is 25.1. The summed E-state index contributed by atoms with van der Waals surface area (Å²) in [7, 11) is 5.34. The molecule has 0 radical (unpaired) electrons. The fraction of sp³-hybridized carbons (Fsp3) is 0.514. The number of aryl methyl sites for hydroxylation is 6. The lowest BCUT2D eigenvalue weighted by Crippen LogP contribution is -2.64. The molecule has 0 aromatic carbocycles. The van der Waals surface area contributed by atoms with Gasteiger partial charge in [-0.05, 0) is 207 Å². The molecule has 0 spiro atoms. The van der Waals surface area contributed by atoms with Gasteiger partial charge < -0.3 is 32.5 Å². The summed E-state index contributed by atoms with van der Waals surface area (Å²) in [5.41, 5.74) is 23.2. The molecular weight excluding hydrogens is 1280 g/mol. The van der Waals surface area contributed by atoms with Crippen LogP contribution in [0.15, 0.2) is 88.7 Å². The molecule has 0 saturated heterocycles. The SMILES string of the molecule is Cc1cc2ncnn2cc1Nc1ncc2c(n1)n(C13CC4CC(CC(C(=O)O)(C4)C1)C3)c(=O)n2C.Cc1cc2ncnn2cc1Nc1ncc2c(n1)n(C13CC4CC(CC(N)(C4)C1)C3)c(=O)n2C.Cc1cc2ncnn2cc1Nc1ncc2c(n1)n(C13CC4CC(CC(N)(C4)C1)C3)c(=O)n2C. The second-order valence-electron chi connectivity index (χ2n) is 32.3. The molecule has 12 aliphatic carbocycles. The second-order valence-corrected chi connectivity index (χ2v) is 32.3. The molecule has 31 nitrogen and oxygen atoms in total. The Balaban J connectivity index is 0.000000105. The zero-order valence-corrected chi connectivity index (χ0v) is 57.2. The molecule has 12 bridgehead atoms. The summed E-state index contributed by atoms with van der Waals surface area (Å²) in [5, 5.41) is 32.7. The molecule has 520 valence electrons. The Hall–Kier alpha value is -10.3. The van der Waals surface area contributed by atoms with Crippen LogP contribution in [-0.2, 0) is 42.6 Å². The van der Waals surface area contributed by atoms with Crippen molar-refractivity contribution in [3.05, 3.63) is 123 Å². The lowest BCUT2D eigenvalue weighted by molar-refractivity contribution is -0.172. The lowest BCUT2D eigenvalue weighted by atomic mass is 9.46. The van der Waals surface area contributed by atoms with Gasteiger partial charge in [-0.3, -0.25) is 32.2 Å². The molecule has 12 saturated carbocycles. The summed E-state index contributed by atoms with van der Waals surface area (Å²) in [5.74, 6) is 3.58. The number of rotatable bonds is 10. The van der Waals surface area contributed by atoms with E-state index in [2.05, 4.69) is 61.2 Å². The summed E-state index contributed by atoms with van der Waals surface area (Å²) >= 11 is 0. The minimum absolute atomic E-state index is 0.0257. The summed E-state index contributed by atoms with van der Waals surface area (Å²) in [6, 6.07) is 5.85. The Morgan fingerprint density at radius 3 is 1.04 bits per heavy atom. The Morgan fingerprint density at radius 2 is 0.743 bits per heavy atom. The van der Waals surface area contributed by atoms with Gasteiger partial charge in [0.05, 0.1) is 76.3 Å². The van der Waals surface area contributed by atoms with E-state index >= 15 is 0 Å². The van der Waals surface area contributed by atoms with Gasteiger partial charge in [-0.25, -0.2) is 57.8 Å². The van der Waals surface area contributed by atoms with Gasteiger partial charge in [-0.1, -0.05) is 0 Å². The maximum absolute atomic E-state index is 13.6. The van der Waals surface area contributed by atoms with Crippen LogP contribution in [0.1, 0.15) is 132 Å². The average Bonchev–Trinajstić information content (AvgIpc) is 1.69. The van der Waals surface area contributed by atoms with Gasteiger partial charge in [-0.2, -0.15) is 30.2 Å². The van der Waals surface area contributed by atoms with Gasteiger partial charge in [-0.15, -0.1) is 0 Å². The number of nitrogens with zero attached hydrogens (tertiary/aromatic N) is 21. The molecule has 31 heteroatoms. The minimum Gasteiger partial charge on any atom is -0.481 e. The molecule has 0 amide bonds. The third-order valence-corrected chi connectivity index (χ3v) is 25.1. The van der Waals surface area contributed by atoms with Crippen LogP contribution in [0.2, 0.25) is 0 Å². The first-order valence-corrected chi connectivity index (χ1v) is 35.3. The van der Waals surface area contributed by atoms with Crippen LogP contribution in [0, 0.1) is 61.7 Å². The first kappa shape index (κ1) is 61.8. The molecule has 6 unspecified atom stereocenters. The second kappa shape index (κ2) is 21.4. The highest BCUT2D eigenvalue weighted by atomic mass is 16.4. The Morgan fingerprint density at radius 1 is 0.446 bits per heavy atom. The fourth-order valence-electron chi connectivity index (χ4n) is 22.2. The van der Waals surface area contributed by atoms with Gasteiger partial charge in [0.25, 0.3) is 0 Å². The summed E-state index contributed by atoms with van der Waals surface area (Å²) < 4.78 is 15.7. The van der Waals surface area contributed by atoms with Crippen molar-refractivity contribution in [1.82, 2.24) is 101 Å². The quantitative estimate of drug-likeness (QED) is 0.0797. The number of imidazole rings is 3. The van der Waals surface area contributed by atoms with E-state index in [9.17, 15) is 24.3 Å². The van der Waals surface area contributed by atoms with E-state index in [-0.39, 0.29) is 39.2 Å². The number of hydrogen-bond acceptors (Lipinski definition) is 21. The minimum atomic E-state index is -0.746. The molecule has 12 aromatic rings. The van der Waals surface area contributed by atoms with Crippen molar-refractivity contribution in [2.24, 2.45) is 73.5 Å². The first-order chi connectivity index (χ1) is 48.4. The molecule has 8 N–H and O–H groups in total. The van der Waals surface area contributed by atoms with Crippen LogP contribution in [0.3, 0.4) is 0 Å². The van der Waals surface area contributed by atoms with Crippen molar-refractivity contribution >= 4 is 91.3 Å². The van der Waals surface area contributed by atoms with Crippen molar-refractivity contribution in [1.29, 1.82) is 0 Å². The molecule has 101 heavy (non-hydrogen) atoms. The monoisotopic (exact) mass is 1360 g/mol. The van der Waals surface area contributed by atoms with E-state index < -0.39 is 16.9 Å². The normalized spacial score (nSPS) is 30.1. The fourth-order valence-corrected chi connectivity index (χ4v) is 22.2. The number of carboxylic acid groups (broad SMARTS) is 1. The number of carboxylic acids is 1. The number of pyridine rings is 3. The lowest BCUT2D eigenvalue weighted by Gasteiger charge is -2.61. The number of anilines is 6. The van der Waals surface area contributed by atoms with Gasteiger partial charge in [0, 0.05) is 32.2 Å². The van der Waals surface area contributed by atoms with Crippen molar-refractivity contribution in [3.8, 4) is 0 Å². The van der Waals surface area contributed by atoms with Crippen LogP contribution in [0.4, 0.5) is 34.9 Å². The first-order valence-electron chi connectivity index (χ1n) is 35.3. The molecule has 12 fully saturated rings. The highest BCUT2D eigenvalue weighted by Gasteiger charge is 2.63. The van der Waals surface area contributed by atoms with Crippen molar-refractivity contribution in [3.63, 3.8) is 0 Å². The summed E-state index contributed by atoms with van der Waals surface area (Å²) in [6.07, 6.45) is 32.4. The molecule has 0 aliphatic heterocycles. The maximum atomic E-state index is 13.6. The van der Waals surface area contributed by atoms with E-state index in [1.807, 2.05) is 66.7 Å². The van der Waals surface area contributed by atoms with Crippen LogP contribution < -0.4 is 44.5 Å². The summed E-state index contributed by atoms with van der Waals surface area (Å²) in [4.78, 5) is 93.8. The Kier molecular flexibility index (Phi) is 13.1. The Bertz CT molecular complexity index is 5410.